The molecule has 2 nitrogen and oxygen atoms in total. The fourth-order valence-corrected chi connectivity index (χ4v) is 2.45. The molecule has 0 atom stereocenters. The van der Waals surface area contributed by atoms with Gasteiger partial charge in [0.05, 0.1) is 0 Å². The number of hydrogen-bond acceptors (Lipinski definition) is 2. The van der Waals surface area contributed by atoms with Crippen LogP contribution in [0.1, 0.15) is 5.56 Å². The minimum Gasteiger partial charge on any atom is -0.456 e. The zero-order valence-electron chi connectivity index (χ0n) is 10.9. The molecule has 0 saturated heterocycles. The summed E-state index contributed by atoms with van der Waals surface area (Å²) in [6.45, 7) is 0.646. The molecule has 0 spiro atoms. The lowest BCUT2D eigenvalue weighted by Crippen LogP contribution is -2.06. The highest BCUT2D eigenvalue weighted by atomic mass is 35.5. The van der Waals surface area contributed by atoms with Crippen molar-refractivity contribution in [3.8, 4) is 11.3 Å². The second-order valence-electron chi connectivity index (χ2n) is 4.62. The molecular formula is C16H13ClFNO. The van der Waals surface area contributed by atoms with Crippen LogP contribution in [-0.2, 0) is 6.54 Å². The summed E-state index contributed by atoms with van der Waals surface area (Å²) in [6, 6.07) is 12.0. The lowest BCUT2D eigenvalue weighted by atomic mass is 10.0. The second kappa shape index (κ2) is 5.27. The Labute approximate surface area is 121 Å². The van der Waals surface area contributed by atoms with Crippen molar-refractivity contribution in [2.24, 2.45) is 0 Å². The summed E-state index contributed by atoms with van der Waals surface area (Å²) < 4.78 is 19.3. The Kier molecular flexibility index (Phi) is 3.47. The van der Waals surface area contributed by atoms with Gasteiger partial charge in [-0.25, -0.2) is 4.39 Å². The number of rotatable bonds is 3. The van der Waals surface area contributed by atoms with Crippen molar-refractivity contribution < 1.29 is 8.81 Å². The highest BCUT2D eigenvalue weighted by Gasteiger charge is 2.11. The van der Waals surface area contributed by atoms with Gasteiger partial charge in [-0.05, 0) is 49.0 Å². The van der Waals surface area contributed by atoms with E-state index in [1.165, 1.54) is 12.1 Å². The standard InChI is InChI=1S/C16H13ClFNO/c1-19-9-10-2-4-13(18)8-14(10)16-7-11-6-12(17)3-5-15(11)20-16/h2-8,19H,9H2,1H3. The number of fused-ring (bicyclic) bond motifs is 1. The van der Waals surface area contributed by atoms with Crippen LogP contribution in [-0.4, -0.2) is 7.05 Å². The monoisotopic (exact) mass is 289 g/mol. The fraction of sp³-hybridized carbons (Fsp3) is 0.125. The minimum absolute atomic E-state index is 0.279. The van der Waals surface area contributed by atoms with Crippen molar-refractivity contribution in [3.63, 3.8) is 0 Å². The van der Waals surface area contributed by atoms with Crippen molar-refractivity contribution in [3.05, 3.63) is 58.9 Å². The highest BCUT2D eigenvalue weighted by molar-refractivity contribution is 6.31. The maximum atomic E-state index is 13.5. The molecule has 102 valence electrons. The van der Waals surface area contributed by atoms with Crippen molar-refractivity contribution in [2.75, 3.05) is 7.05 Å². The Hall–Kier alpha value is -1.84. The Balaban J connectivity index is 2.16. The van der Waals surface area contributed by atoms with E-state index in [0.29, 0.717) is 17.3 Å². The van der Waals surface area contributed by atoms with Crippen molar-refractivity contribution in [1.29, 1.82) is 0 Å². The first-order chi connectivity index (χ1) is 9.67. The van der Waals surface area contributed by atoms with Gasteiger partial charge in [-0.3, -0.25) is 0 Å². The quantitative estimate of drug-likeness (QED) is 0.761. The van der Waals surface area contributed by atoms with E-state index in [4.69, 9.17) is 16.0 Å². The van der Waals surface area contributed by atoms with Crippen molar-refractivity contribution in [1.82, 2.24) is 5.32 Å². The molecule has 0 saturated carbocycles. The maximum absolute atomic E-state index is 13.5. The van der Waals surface area contributed by atoms with E-state index in [-0.39, 0.29) is 5.82 Å². The SMILES string of the molecule is CNCc1ccc(F)cc1-c1cc2cc(Cl)ccc2o1. The number of nitrogens with one attached hydrogen (secondary N) is 1. The van der Waals surface area contributed by atoms with E-state index in [0.717, 1.165) is 22.1 Å². The molecule has 0 amide bonds. The summed E-state index contributed by atoms with van der Waals surface area (Å²) in [5.74, 6) is 0.366. The molecule has 1 N–H and O–H groups in total. The number of furan rings is 1. The van der Waals surface area contributed by atoms with Crippen LogP contribution in [0.15, 0.2) is 46.9 Å². The van der Waals surface area contributed by atoms with Gasteiger partial charge in [-0.1, -0.05) is 17.7 Å². The van der Waals surface area contributed by atoms with Crippen LogP contribution in [0.5, 0.6) is 0 Å². The second-order valence-corrected chi connectivity index (χ2v) is 5.06. The lowest BCUT2D eigenvalue weighted by molar-refractivity contribution is 0.615. The average molecular weight is 290 g/mol. The molecule has 0 aliphatic carbocycles. The zero-order chi connectivity index (χ0) is 14.1. The van der Waals surface area contributed by atoms with Gasteiger partial charge in [0.1, 0.15) is 17.2 Å². The van der Waals surface area contributed by atoms with Crippen LogP contribution in [0.4, 0.5) is 4.39 Å². The predicted molar refractivity (Wildman–Crippen MR) is 79.4 cm³/mol. The molecule has 0 unspecified atom stereocenters. The molecule has 0 aliphatic heterocycles. The summed E-state index contributed by atoms with van der Waals surface area (Å²) in [4.78, 5) is 0. The van der Waals surface area contributed by atoms with Crippen molar-refractivity contribution in [2.45, 2.75) is 6.54 Å². The normalized spacial score (nSPS) is 11.2. The smallest absolute Gasteiger partial charge is 0.135 e. The Bertz CT molecular complexity index is 766. The Morgan fingerprint density at radius 2 is 2.00 bits per heavy atom. The first-order valence-corrected chi connectivity index (χ1v) is 6.67. The molecule has 4 heteroatoms. The first-order valence-electron chi connectivity index (χ1n) is 6.30. The number of hydrogen-bond donors (Lipinski definition) is 1. The predicted octanol–water partition coefficient (Wildman–Crippen LogP) is 4.61. The van der Waals surface area contributed by atoms with E-state index in [9.17, 15) is 4.39 Å². The van der Waals surface area contributed by atoms with Gasteiger partial charge in [0.15, 0.2) is 0 Å². The lowest BCUT2D eigenvalue weighted by Gasteiger charge is -2.06. The van der Waals surface area contributed by atoms with E-state index < -0.39 is 0 Å². The summed E-state index contributed by atoms with van der Waals surface area (Å²) >= 11 is 5.97. The summed E-state index contributed by atoms with van der Waals surface area (Å²) in [5.41, 5.74) is 2.48. The minimum atomic E-state index is -0.279. The van der Waals surface area contributed by atoms with E-state index in [1.54, 1.807) is 12.1 Å². The van der Waals surface area contributed by atoms with Crippen LogP contribution >= 0.6 is 11.6 Å². The molecule has 1 heterocycles. The topological polar surface area (TPSA) is 25.2 Å². The van der Waals surface area contributed by atoms with Gasteiger partial charge in [0, 0.05) is 22.5 Å². The molecule has 0 aliphatic rings. The average Bonchev–Trinajstić information content (AvgIpc) is 2.83. The van der Waals surface area contributed by atoms with Crippen molar-refractivity contribution >= 4 is 22.6 Å². The first kappa shape index (κ1) is 13.2. The molecule has 3 rings (SSSR count). The van der Waals surface area contributed by atoms with E-state index in [1.807, 2.05) is 25.2 Å². The van der Waals surface area contributed by atoms with Gasteiger partial charge in [0.2, 0.25) is 0 Å². The van der Waals surface area contributed by atoms with Gasteiger partial charge in [-0.2, -0.15) is 0 Å². The van der Waals surface area contributed by atoms with Crippen LogP contribution < -0.4 is 5.32 Å². The molecule has 2 aromatic carbocycles. The molecule has 0 fully saturated rings. The van der Waals surface area contributed by atoms with E-state index in [2.05, 4.69) is 5.32 Å². The third-order valence-corrected chi connectivity index (χ3v) is 3.42. The van der Waals surface area contributed by atoms with Gasteiger partial charge in [0.25, 0.3) is 0 Å². The number of halogens is 2. The molecule has 0 radical (unpaired) electrons. The van der Waals surface area contributed by atoms with Gasteiger partial charge < -0.3 is 9.73 Å². The molecule has 3 aromatic rings. The van der Waals surface area contributed by atoms with Crippen LogP contribution in [0.25, 0.3) is 22.3 Å². The Morgan fingerprint density at radius 3 is 2.80 bits per heavy atom. The third-order valence-electron chi connectivity index (χ3n) is 3.18. The fourth-order valence-electron chi connectivity index (χ4n) is 2.27. The highest BCUT2D eigenvalue weighted by Crippen LogP contribution is 2.32. The third kappa shape index (κ3) is 2.42. The summed E-state index contributed by atoms with van der Waals surface area (Å²) in [6.07, 6.45) is 0. The maximum Gasteiger partial charge on any atom is 0.135 e. The van der Waals surface area contributed by atoms with E-state index >= 15 is 0 Å². The number of benzene rings is 2. The van der Waals surface area contributed by atoms with Crippen LogP contribution in [0, 0.1) is 5.82 Å². The molecule has 20 heavy (non-hydrogen) atoms. The van der Waals surface area contributed by atoms with Crippen LogP contribution in [0.3, 0.4) is 0 Å². The van der Waals surface area contributed by atoms with Crippen LogP contribution in [0.2, 0.25) is 5.02 Å². The van der Waals surface area contributed by atoms with Gasteiger partial charge >= 0.3 is 0 Å². The Morgan fingerprint density at radius 1 is 1.15 bits per heavy atom. The summed E-state index contributed by atoms with van der Waals surface area (Å²) in [7, 11) is 1.85. The van der Waals surface area contributed by atoms with Gasteiger partial charge in [-0.15, -0.1) is 0 Å². The molecular weight excluding hydrogens is 277 g/mol. The molecule has 0 bridgehead atoms. The molecule has 1 aromatic heterocycles. The zero-order valence-corrected chi connectivity index (χ0v) is 11.7. The summed E-state index contributed by atoms with van der Waals surface area (Å²) in [5, 5.41) is 4.63. The largest absolute Gasteiger partial charge is 0.456 e.